The molecule has 3 heterocycles. The summed E-state index contributed by atoms with van der Waals surface area (Å²) in [5.74, 6) is 1.76. The maximum atomic E-state index is 5.99. The highest BCUT2D eigenvalue weighted by Gasteiger charge is 2.44. The Balaban J connectivity index is 1.65. The lowest BCUT2D eigenvalue weighted by atomic mass is 9.82. The van der Waals surface area contributed by atoms with Gasteiger partial charge in [-0.1, -0.05) is 6.92 Å². The fourth-order valence-electron chi connectivity index (χ4n) is 3.45. The highest BCUT2D eigenvalue weighted by atomic mass is 16.5. The Morgan fingerprint density at radius 3 is 3.00 bits per heavy atom. The zero-order valence-corrected chi connectivity index (χ0v) is 11.1. The number of rotatable bonds is 6. The van der Waals surface area contributed by atoms with Gasteiger partial charge in [-0.2, -0.15) is 0 Å². The maximum Gasteiger partial charge on any atom is 0.105 e. The Kier molecular flexibility index (Phi) is 3.71. The second kappa shape index (κ2) is 5.45. The molecule has 1 aromatic heterocycles. The van der Waals surface area contributed by atoms with E-state index in [0.717, 1.165) is 18.7 Å². The van der Waals surface area contributed by atoms with E-state index >= 15 is 0 Å². The smallest absolute Gasteiger partial charge is 0.105 e. The minimum absolute atomic E-state index is 0.485. The van der Waals surface area contributed by atoms with Crippen LogP contribution < -0.4 is 5.32 Å². The van der Waals surface area contributed by atoms with Crippen LogP contribution in [0.1, 0.15) is 38.4 Å². The first kappa shape index (κ1) is 12.2. The molecule has 2 bridgehead atoms. The van der Waals surface area contributed by atoms with E-state index in [1.54, 1.807) is 6.26 Å². The summed E-state index contributed by atoms with van der Waals surface area (Å²) in [5, 5.41) is 3.69. The molecular weight excluding hydrogens is 226 g/mol. The lowest BCUT2D eigenvalue weighted by Crippen LogP contribution is -2.42. The average Bonchev–Trinajstić information content (AvgIpc) is 3.10. The number of furan rings is 1. The Bertz CT molecular complexity index is 363. The summed E-state index contributed by atoms with van der Waals surface area (Å²) < 4.78 is 11.5. The molecule has 4 unspecified atom stereocenters. The molecule has 1 N–H and O–H groups in total. The van der Waals surface area contributed by atoms with Crippen LogP contribution in [0.2, 0.25) is 0 Å². The zero-order valence-electron chi connectivity index (χ0n) is 11.1. The minimum atomic E-state index is 0.485. The molecule has 0 radical (unpaired) electrons. The maximum absolute atomic E-state index is 5.99. The summed E-state index contributed by atoms with van der Waals surface area (Å²) in [6.45, 7) is 3.30. The SMILES string of the molecule is CCCNC(Cc1ccco1)C1CC2CCC1O2. The van der Waals surface area contributed by atoms with Crippen molar-refractivity contribution in [3.8, 4) is 0 Å². The Morgan fingerprint density at radius 1 is 1.44 bits per heavy atom. The summed E-state index contributed by atoms with van der Waals surface area (Å²) in [5.41, 5.74) is 0. The van der Waals surface area contributed by atoms with Crippen molar-refractivity contribution in [3.63, 3.8) is 0 Å². The van der Waals surface area contributed by atoms with Crippen LogP contribution in [0.15, 0.2) is 22.8 Å². The van der Waals surface area contributed by atoms with E-state index in [2.05, 4.69) is 18.3 Å². The molecule has 3 rings (SSSR count). The van der Waals surface area contributed by atoms with Crippen molar-refractivity contribution in [2.75, 3.05) is 6.54 Å². The first-order valence-electron chi connectivity index (χ1n) is 7.28. The van der Waals surface area contributed by atoms with E-state index in [4.69, 9.17) is 9.15 Å². The van der Waals surface area contributed by atoms with E-state index < -0.39 is 0 Å². The summed E-state index contributed by atoms with van der Waals surface area (Å²) in [4.78, 5) is 0. The van der Waals surface area contributed by atoms with Crippen LogP contribution in [0.5, 0.6) is 0 Å². The fourth-order valence-corrected chi connectivity index (χ4v) is 3.45. The van der Waals surface area contributed by atoms with Gasteiger partial charge >= 0.3 is 0 Å². The van der Waals surface area contributed by atoms with Crippen LogP contribution in [0.3, 0.4) is 0 Å². The first-order valence-corrected chi connectivity index (χ1v) is 7.28. The lowest BCUT2D eigenvalue weighted by molar-refractivity contribution is 0.0853. The van der Waals surface area contributed by atoms with E-state index in [1.165, 1.54) is 25.7 Å². The van der Waals surface area contributed by atoms with Crippen molar-refractivity contribution in [3.05, 3.63) is 24.2 Å². The van der Waals surface area contributed by atoms with Crippen molar-refractivity contribution in [1.29, 1.82) is 0 Å². The predicted molar refractivity (Wildman–Crippen MR) is 70.5 cm³/mol. The third-order valence-corrected chi connectivity index (χ3v) is 4.33. The van der Waals surface area contributed by atoms with Crippen LogP contribution in [-0.4, -0.2) is 24.8 Å². The molecule has 0 aliphatic carbocycles. The van der Waals surface area contributed by atoms with Gasteiger partial charge in [-0.05, 0) is 44.4 Å². The van der Waals surface area contributed by atoms with Crippen LogP contribution in [-0.2, 0) is 11.2 Å². The van der Waals surface area contributed by atoms with E-state index in [0.29, 0.717) is 24.2 Å². The lowest BCUT2D eigenvalue weighted by Gasteiger charge is -2.28. The summed E-state index contributed by atoms with van der Waals surface area (Å²) in [7, 11) is 0. The van der Waals surface area contributed by atoms with Gasteiger partial charge in [-0.15, -0.1) is 0 Å². The summed E-state index contributed by atoms with van der Waals surface area (Å²) >= 11 is 0. The third-order valence-electron chi connectivity index (χ3n) is 4.33. The quantitative estimate of drug-likeness (QED) is 0.842. The van der Waals surface area contributed by atoms with Crippen molar-refractivity contribution in [2.45, 2.75) is 57.3 Å². The van der Waals surface area contributed by atoms with Gasteiger partial charge in [0.05, 0.1) is 18.5 Å². The summed E-state index contributed by atoms with van der Waals surface area (Å²) in [6.07, 6.45) is 8.69. The molecule has 0 amide bonds. The minimum Gasteiger partial charge on any atom is -0.469 e. The molecule has 0 saturated carbocycles. The standard InChI is InChI=1S/C15H23NO2/c1-2-7-16-14(10-11-4-3-8-17-11)13-9-12-5-6-15(13)18-12/h3-4,8,12-16H,2,5-7,9-10H2,1H3. The number of fused-ring (bicyclic) bond motifs is 2. The highest BCUT2D eigenvalue weighted by molar-refractivity contribution is 5.04. The Morgan fingerprint density at radius 2 is 2.39 bits per heavy atom. The molecule has 18 heavy (non-hydrogen) atoms. The number of nitrogens with one attached hydrogen (secondary N) is 1. The Labute approximate surface area is 109 Å². The van der Waals surface area contributed by atoms with Crippen LogP contribution >= 0.6 is 0 Å². The first-order chi connectivity index (χ1) is 8.86. The van der Waals surface area contributed by atoms with Crippen molar-refractivity contribution in [2.24, 2.45) is 5.92 Å². The molecule has 3 nitrogen and oxygen atoms in total. The number of ether oxygens (including phenoxy) is 1. The third kappa shape index (κ3) is 2.47. The van der Waals surface area contributed by atoms with Crippen molar-refractivity contribution in [1.82, 2.24) is 5.32 Å². The molecular formula is C15H23NO2. The van der Waals surface area contributed by atoms with E-state index in [9.17, 15) is 0 Å². The van der Waals surface area contributed by atoms with Crippen LogP contribution in [0, 0.1) is 5.92 Å². The second-order valence-electron chi connectivity index (χ2n) is 5.62. The average molecular weight is 249 g/mol. The van der Waals surface area contributed by atoms with Crippen molar-refractivity contribution < 1.29 is 9.15 Å². The number of hydrogen-bond donors (Lipinski definition) is 1. The summed E-state index contributed by atoms with van der Waals surface area (Å²) in [6, 6.07) is 4.56. The zero-order chi connectivity index (χ0) is 12.4. The molecule has 2 fully saturated rings. The highest BCUT2D eigenvalue weighted by Crippen LogP contribution is 2.41. The molecule has 0 aromatic carbocycles. The molecule has 4 atom stereocenters. The molecule has 2 saturated heterocycles. The molecule has 100 valence electrons. The molecule has 3 heteroatoms. The normalized spacial score (nSPS) is 31.9. The van der Waals surface area contributed by atoms with Gasteiger partial charge in [0.15, 0.2) is 0 Å². The fraction of sp³-hybridized carbons (Fsp3) is 0.733. The molecule has 2 aliphatic rings. The van der Waals surface area contributed by atoms with Gasteiger partial charge in [-0.25, -0.2) is 0 Å². The predicted octanol–water partition coefficient (Wildman–Crippen LogP) is 2.76. The van der Waals surface area contributed by atoms with Gasteiger partial charge in [-0.3, -0.25) is 0 Å². The van der Waals surface area contributed by atoms with Crippen molar-refractivity contribution >= 4 is 0 Å². The topological polar surface area (TPSA) is 34.4 Å². The molecule has 1 aromatic rings. The Hall–Kier alpha value is -0.800. The van der Waals surface area contributed by atoms with Gasteiger partial charge in [0.1, 0.15) is 5.76 Å². The van der Waals surface area contributed by atoms with Gasteiger partial charge in [0.25, 0.3) is 0 Å². The van der Waals surface area contributed by atoms with Gasteiger partial charge in [0, 0.05) is 18.4 Å². The van der Waals surface area contributed by atoms with E-state index in [-0.39, 0.29) is 0 Å². The van der Waals surface area contributed by atoms with E-state index in [1.807, 2.05) is 6.07 Å². The van der Waals surface area contributed by atoms with Crippen LogP contribution in [0.4, 0.5) is 0 Å². The molecule has 0 spiro atoms. The largest absolute Gasteiger partial charge is 0.469 e. The van der Waals surface area contributed by atoms with Crippen LogP contribution in [0.25, 0.3) is 0 Å². The second-order valence-corrected chi connectivity index (χ2v) is 5.62. The van der Waals surface area contributed by atoms with Gasteiger partial charge in [0.2, 0.25) is 0 Å². The number of hydrogen-bond acceptors (Lipinski definition) is 3. The van der Waals surface area contributed by atoms with Gasteiger partial charge < -0.3 is 14.5 Å². The molecule has 2 aliphatic heterocycles. The monoisotopic (exact) mass is 249 g/mol.